The Morgan fingerprint density at radius 3 is 3.07 bits per heavy atom. The molecule has 0 saturated carbocycles. The Hall–Kier alpha value is -1.30. The molecule has 0 radical (unpaired) electrons. The molecule has 0 N–H and O–H groups in total. The van der Waals surface area contributed by atoms with E-state index in [1.807, 2.05) is 6.92 Å². The maximum atomic E-state index is 11.1. The third-order valence-corrected chi connectivity index (χ3v) is 2.84. The van der Waals surface area contributed by atoms with E-state index in [1.54, 1.807) is 5.51 Å². The number of hydrogen-bond donors (Lipinski definition) is 0. The van der Waals surface area contributed by atoms with Gasteiger partial charge in [-0.15, -0.1) is 11.3 Å². The average molecular weight is 228 g/mol. The van der Waals surface area contributed by atoms with Crippen LogP contribution in [0.1, 0.15) is 17.0 Å². The molecule has 0 aliphatic carbocycles. The van der Waals surface area contributed by atoms with Gasteiger partial charge >= 0.3 is 5.97 Å². The van der Waals surface area contributed by atoms with Crippen LogP contribution in [0.15, 0.2) is 10.7 Å². The summed E-state index contributed by atoms with van der Waals surface area (Å²) >= 11 is 1.53. The SMILES string of the molecule is Cc1ncsc1CCC(=O)OCCN=O. The standard InChI is InChI=1S/C9H12N2O3S/c1-7-8(15-6-10-7)2-3-9(12)14-5-4-11-13/h6H,2-5H2,1H3. The average Bonchev–Trinajstić information content (AvgIpc) is 2.61. The van der Waals surface area contributed by atoms with Crippen LogP contribution in [0.2, 0.25) is 0 Å². The van der Waals surface area contributed by atoms with E-state index in [4.69, 9.17) is 4.74 Å². The van der Waals surface area contributed by atoms with E-state index in [0.717, 1.165) is 10.6 Å². The third kappa shape index (κ3) is 4.16. The van der Waals surface area contributed by atoms with Gasteiger partial charge in [0.1, 0.15) is 13.2 Å². The van der Waals surface area contributed by atoms with Gasteiger partial charge in [0.15, 0.2) is 0 Å². The van der Waals surface area contributed by atoms with Crippen LogP contribution in [0.5, 0.6) is 0 Å². The van der Waals surface area contributed by atoms with E-state index in [0.29, 0.717) is 12.8 Å². The summed E-state index contributed by atoms with van der Waals surface area (Å²) in [6.07, 6.45) is 0.964. The molecule has 82 valence electrons. The van der Waals surface area contributed by atoms with Gasteiger partial charge in [0, 0.05) is 4.88 Å². The molecule has 1 aromatic heterocycles. The molecule has 0 unspecified atom stereocenters. The molecule has 1 heterocycles. The van der Waals surface area contributed by atoms with Crippen molar-refractivity contribution in [3.05, 3.63) is 21.0 Å². The number of esters is 1. The maximum Gasteiger partial charge on any atom is 0.306 e. The van der Waals surface area contributed by atoms with Gasteiger partial charge in [-0.1, -0.05) is 5.18 Å². The Morgan fingerprint density at radius 1 is 1.67 bits per heavy atom. The van der Waals surface area contributed by atoms with Crippen LogP contribution >= 0.6 is 11.3 Å². The van der Waals surface area contributed by atoms with E-state index in [9.17, 15) is 9.70 Å². The van der Waals surface area contributed by atoms with Gasteiger partial charge in [-0.3, -0.25) is 4.79 Å². The highest BCUT2D eigenvalue weighted by molar-refractivity contribution is 7.09. The highest BCUT2D eigenvalue weighted by Crippen LogP contribution is 2.14. The highest BCUT2D eigenvalue weighted by Gasteiger charge is 2.06. The number of aryl methyl sites for hydroxylation is 2. The summed E-state index contributed by atoms with van der Waals surface area (Å²) in [5, 5.41) is 2.60. The molecule has 0 bridgehead atoms. The summed E-state index contributed by atoms with van der Waals surface area (Å²) in [5.74, 6) is -0.300. The molecule has 6 heteroatoms. The van der Waals surface area contributed by atoms with Crippen molar-refractivity contribution in [3.8, 4) is 0 Å². The molecule has 0 aliphatic heterocycles. The topological polar surface area (TPSA) is 68.6 Å². The van der Waals surface area contributed by atoms with Gasteiger partial charge in [-0.25, -0.2) is 4.98 Å². The van der Waals surface area contributed by atoms with Crippen molar-refractivity contribution in [1.82, 2.24) is 4.98 Å². The van der Waals surface area contributed by atoms with Crippen molar-refractivity contribution in [2.75, 3.05) is 13.2 Å². The van der Waals surface area contributed by atoms with E-state index in [-0.39, 0.29) is 19.1 Å². The number of rotatable bonds is 6. The lowest BCUT2D eigenvalue weighted by Crippen LogP contribution is -2.08. The van der Waals surface area contributed by atoms with E-state index in [1.165, 1.54) is 11.3 Å². The Labute approximate surface area is 91.5 Å². The van der Waals surface area contributed by atoms with Gasteiger partial charge in [0.05, 0.1) is 17.6 Å². The van der Waals surface area contributed by atoms with Crippen LogP contribution in [0.25, 0.3) is 0 Å². The van der Waals surface area contributed by atoms with Gasteiger partial charge in [-0.2, -0.15) is 4.91 Å². The zero-order chi connectivity index (χ0) is 11.1. The van der Waals surface area contributed by atoms with Gasteiger partial charge in [0.2, 0.25) is 0 Å². The first-order valence-corrected chi connectivity index (χ1v) is 5.45. The lowest BCUT2D eigenvalue weighted by Gasteiger charge is -2.01. The molecule has 0 atom stereocenters. The molecule has 1 aromatic rings. The normalized spacial score (nSPS) is 9.93. The fourth-order valence-electron chi connectivity index (χ4n) is 1.05. The first-order valence-electron chi connectivity index (χ1n) is 4.57. The lowest BCUT2D eigenvalue weighted by atomic mass is 10.2. The molecular weight excluding hydrogens is 216 g/mol. The fourth-order valence-corrected chi connectivity index (χ4v) is 1.83. The fraction of sp³-hybridized carbons (Fsp3) is 0.556. The minimum absolute atomic E-state index is 0.0192. The van der Waals surface area contributed by atoms with Crippen molar-refractivity contribution in [3.63, 3.8) is 0 Å². The number of nitroso groups, excluding NO2 is 1. The highest BCUT2D eigenvalue weighted by atomic mass is 32.1. The Morgan fingerprint density at radius 2 is 2.47 bits per heavy atom. The lowest BCUT2D eigenvalue weighted by molar-refractivity contribution is -0.143. The van der Waals surface area contributed by atoms with Crippen molar-refractivity contribution < 1.29 is 9.53 Å². The molecule has 0 spiro atoms. The maximum absolute atomic E-state index is 11.1. The molecule has 0 aliphatic rings. The first-order chi connectivity index (χ1) is 7.24. The summed E-state index contributed by atoms with van der Waals surface area (Å²) in [5.41, 5.74) is 2.72. The largest absolute Gasteiger partial charge is 0.464 e. The second-order valence-electron chi connectivity index (χ2n) is 2.93. The third-order valence-electron chi connectivity index (χ3n) is 1.85. The second kappa shape index (κ2) is 6.23. The minimum atomic E-state index is -0.300. The van der Waals surface area contributed by atoms with Gasteiger partial charge < -0.3 is 4.74 Å². The van der Waals surface area contributed by atoms with Crippen LogP contribution in [-0.2, 0) is 16.0 Å². The number of carbonyl (C=O) groups is 1. The van der Waals surface area contributed by atoms with E-state index in [2.05, 4.69) is 10.2 Å². The van der Waals surface area contributed by atoms with Crippen LogP contribution in [0.4, 0.5) is 0 Å². The molecule has 0 aromatic carbocycles. The summed E-state index contributed by atoms with van der Waals surface area (Å²) in [6, 6.07) is 0. The predicted molar refractivity (Wildman–Crippen MR) is 56.8 cm³/mol. The van der Waals surface area contributed by atoms with Crippen LogP contribution < -0.4 is 0 Å². The predicted octanol–water partition coefficient (Wildman–Crippen LogP) is 1.69. The van der Waals surface area contributed by atoms with Crippen molar-refractivity contribution in [1.29, 1.82) is 0 Å². The summed E-state index contributed by atoms with van der Waals surface area (Å²) < 4.78 is 4.77. The number of nitrogens with zero attached hydrogens (tertiary/aromatic N) is 2. The molecule has 1 rings (SSSR count). The molecule has 0 fully saturated rings. The zero-order valence-electron chi connectivity index (χ0n) is 8.43. The number of hydrogen-bond acceptors (Lipinski definition) is 6. The minimum Gasteiger partial charge on any atom is -0.464 e. The molecule has 5 nitrogen and oxygen atoms in total. The summed E-state index contributed by atoms with van der Waals surface area (Å²) in [4.78, 5) is 26.0. The summed E-state index contributed by atoms with van der Waals surface area (Å²) in [6.45, 7) is 2.00. The molecular formula is C9H12N2O3S. The number of ether oxygens (including phenoxy) is 1. The smallest absolute Gasteiger partial charge is 0.306 e. The van der Waals surface area contributed by atoms with Crippen molar-refractivity contribution in [2.45, 2.75) is 19.8 Å². The first kappa shape index (κ1) is 11.8. The van der Waals surface area contributed by atoms with Crippen LogP contribution in [0, 0.1) is 11.8 Å². The number of thiazole rings is 1. The van der Waals surface area contributed by atoms with E-state index >= 15 is 0 Å². The second-order valence-corrected chi connectivity index (χ2v) is 3.87. The Kier molecular flexibility index (Phi) is 4.89. The summed E-state index contributed by atoms with van der Waals surface area (Å²) in [7, 11) is 0. The zero-order valence-corrected chi connectivity index (χ0v) is 9.25. The van der Waals surface area contributed by atoms with E-state index < -0.39 is 0 Å². The Bertz CT molecular complexity index is 338. The number of carbonyl (C=O) groups excluding carboxylic acids is 1. The van der Waals surface area contributed by atoms with Crippen LogP contribution in [0.3, 0.4) is 0 Å². The van der Waals surface area contributed by atoms with Crippen LogP contribution in [-0.4, -0.2) is 24.1 Å². The quantitative estimate of drug-likeness (QED) is 0.422. The van der Waals surface area contributed by atoms with Gasteiger partial charge in [0.25, 0.3) is 0 Å². The Balaban J connectivity index is 2.22. The molecule has 0 amide bonds. The number of aromatic nitrogens is 1. The van der Waals surface area contributed by atoms with Gasteiger partial charge in [-0.05, 0) is 13.3 Å². The monoisotopic (exact) mass is 228 g/mol. The van der Waals surface area contributed by atoms with Crippen molar-refractivity contribution in [2.24, 2.45) is 5.18 Å². The molecule has 15 heavy (non-hydrogen) atoms. The molecule has 0 saturated heterocycles. The van der Waals surface area contributed by atoms with Crippen molar-refractivity contribution >= 4 is 17.3 Å².